The number of fused-ring (bicyclic) bond motifs is 3. The molecular formula is C25H33N5O4. The zero-order chi connectivity index (χ0) is 24.5. The Bertz CT molecular complexity index is 1260. The topological polar surface area (TPSA) is 109 Å². The maximum absolute atomic E-state index is 12.6. The first-order chi connectivity index (χ1) is 16.2. The lowest BCUT2D eigenvalue weighted by molar-refractivity contribution is -0.116. The van der Waals surface area contributed by atoms with Crippen molar-refractivity contribution in [1.82, 2.24) is 19.5 Å². The SMILES string of the molecule is CCCCC(=O)Nc1cccc2nn3c(C4CCN(C(=O)OC(C)(C)C)CC4)cc(=O)[nH]c3c12. The third-order valence-electron chi connectivity index (χ3n) is 6.06. The number of unbranched alkanes of at least 4 members (excludes halogenated alkanes) is 1. The van der Waals surface area contributed by atoms with E-state index in [2.05, 4.69) is 10.3 Å². The molecule has 34 heavy (non-hydrogen) atoms. The molecule has 0 atom stereocenters. The van der Waals surface area contributed by atoms with Crippen molar-refractivity contribution in [2.45, 2.75) is 71.3 Å². The molecule has 9 heteroatoms. The molecule has 3 aromatic rings. The van der Waals surface area contributed by atoms with Crippen LogP contribution in [0.2, 0.25) is 0 Å². The van der Waals surface area contributed by atoms with Crippen molar-refractivity contribution in [3.63, 3.8) is 0 Å². The lowest BCUT2D eigenvalue weighted by atomic mass is 9.93. The van der Waals surface area contributed by atoms with E-state index in [4.69, 9.17) is 9.84 Å². The molecule has 1 aromatic carbocycles. The zero-order valence-electron chi connectivity index (χ0n) is 20.3. The molecule has 4 rings (SSSR count). The maximum atomic E-state index is 12.6. The molecule has 0 aliphatic carbocycles. The second-order valence-corrected chi connectivity index (χ2v) is 9.91. The van der Waals surface area contributed by atoms with Crippen molar-refractivity contribution >= 4 is 34.2 Å². The molecule has 1 aliphatic rings. The first-order valence-electron chi connectivity index (χ1n) is 12.0. The van der Waals surface area contributed by atoms with Gasteiger partial charge in [0.1, 0.15) is 11.2 Å². The number of amides is 2. The number of piperidine rings is 1. The average Bonchev–Trinajstić information content (AvgIpc) is 3.15. The minimum absolute atomic E-state index is 0.0540. The highest BCUT2D eigenvalue weighted by molar-refractivity contribution is 6.07. The fourth-order valence-corrected chi connectivity index (χ4v) is 4.42. The second-order valence-electron chi connectivity index (χ2n) is 9.91. The van der Waals surface area contributed by atoms with E-state index in [0.29, 0.717) is 49.2 Å². The van der Waals surface area contributed by atoms with Gasteiger partial charge in [-0.2, -0.15) is 5.10 Å². The number of nitrogens with zero attached hydrogens (tertiary/aromatic N) is 3. The summed E-state index contributed by atoms with van der Waals surface area (Å²) >= 11 is 0. The van der Waals surface area contributed by atoms with E-state index in [1.165, 1.54) is 0 Å². The van der Waals surface area contributed by atoms with Gasteiger partial charge in [0.05, 0.1) is 22.3 Å². The van der Waals surface area contributed by atoms with Crippen LogP contribution in [0.5, 0.6) is 0 Å². The third kappa shape index (κ3) is 5.08. The van der Waals surface area contributed by atoms with Crippen LogP contribution in [-0.2, 0) is 9.53 Å². The van der Waals surface area contributed by atoms with Crippen LogP contribution in [0.15, 0.2) is 29.1 Å². The Labute approximate surface area is 198 Å². The van der Waals surface area contributed by atoms with Crippen LogP contribution in [-0.4, -0.2) is 50.2 Å². The predicted octanol–water partition coefficient (Wildman–Crippen LogP) is 4.42. The summed E-state index contributed by atoms with van der Waals surface area (Å²) in [5, 5.41) is 8.45. The van der Waals surface area contributed by atoms with Gasteiger partial charge in [0.25, 0.3) is 5.56 Å². The number of rotatable bonds is 5. The monoisotopic (exact) mass is 467 g/mol. The van der Waals surface area contributed by atoms with Crippen molar-refractivity contribution in [2.75, 3.05) is 18.4 Å². The number of carbonyl (C=O) groups excluding carboxylic acids is 2. The third-order valence-corrected chi connectivity index (χ3v) is 6.06. The predicted molar refractivity (Wildman–Crippen MR) is 131 cm³/mol. The Morgan fingerprint density at radius 1 is 1.24 bits per heavy atom. The van der Waals surface area contributed by atoms with Crippen molar-refractivity contribution in [3.8, 4) is 0 Å². The van der Waals surface area contributed by atoms with Gasteiger partial charge in [0.2, 0.25) is 5.91 Å². The summed E-state index contributed by atoms with van der Waals surface area (Å²) < 4.78 is 7.28. The number of H-pyrrole nitrogens is 1. The highest BCUT2D eigenvalue weighted by Gasteiger charge is 2.29. The molecule has 3 heterocycles. The van der Waals surface area contributed by atoms with Gasteiger partial charge in [-0.05, 0) is 52.2 Å². The van der Waals surface area contributed by atoms with Gasteiger partial charge in [0.15, 0.2) is 0 Å². The van der Waals surface area contributed by atoms with E-state index in [1.54, 1.807) is 15.5 Å². The van der Waals surface area contributed by atoms with Crippen LogP contribution in [0, 0.1) is 0 Å². The van der Waals surface area contributed by atoms with Crippen molar-refractivity contribution < 1.29 is 14.3 Å². The van der Waals surface area contributed by atoms with Crippen LogP contribution in [0.1, 0.15) is 71.4 Å². The van der Waals surface area contributed by atoms with Crippen molar-refractivity contribution in [3.05, 3.63) is 40.3 Å². The molecule has 1 saturated heterocycles. The molecule has 1 fully saturated rings. The zero-order valence-corrected chi connectivity index (χ0v) is 20.3. The first kappa shape index (κ1) is 23.8. The standard InChI is InChI=1S/C25H33N5O4/c1-5-6-10-20(31)26-17-8-7-9-18-22(17)23-27-21(32)15-19(30(23)28-18)16-11-13-29(14-12-16)24(33)34-25(2,3)4/h7-9,15-16H,5-6,10-14H2,1-4H3,(H,26,31)(H,27,32). The Hall–Kier alpha value is -3.36. The van der Waals surface area contributed by atoms with Gasteiger partial charge in [-0.15, -0.1) is 0 Å². The summed E-state index contributed by atoms with van der Waals surface area (Å²) in [6, 6.07) is 7.14. The minimum Gasteiger partial charge on any atom is -0.444 e. The molecule has 2 aromatic heterocycles. The van der Waals surface area contributed by atoms with E-state index in [-0.39, 0.29) is 23.5 Å². The number of ether oxygens (including phenoxy) is 1. The van der Waals surface area contributed by atoms with Crippen LogP contribution < -0.4 is 10.9 Å². The lowest BCUT2D eigenvalue weighted by Crippen LogP contribution is -2.41. The number of aromatic amines is 1. The van der Waals surface area contributed by atoms with Crippen LogP contribution in [0.25, 0.3) is 16.6 Å². The smallest absolute Gasteiger partial charge is 0.410 e. The van der Waals surface area contributed by atoms with Crippen molar-refractivity contribution in [1.29, 1.82) is 0 Å². The number of hydrogen-bond donors (Lipinski definition) is 2. The Kier molecular flexibility index (Phi) is 6.63. The number of hydrogen-bond acceptors (Lipinski definition) is 5. The van der Waals surface area contributed by atoms with E-state index in [0.717, 1.165) is 23.9 Å². The van der Waals surface area contributed by atoms with Crippen molar-refractivity contribution in [2.24, 2.45) is 0 Å². The summed E-state index contributed by atoms with van der Waals surface area (Å²) in [5.41, 5.74) is 1.96. The van der Waals surface area contributed by atoms with Gasteiger partial charge >= 0.3 is 6.09 Å². The van der Waals surface area contributed by atoms with E-state index in [1.807, 2.05) is 45.9 Å². The molecule has 182 valence electrons. The Morgan fingerprint density at radius 3 is 2.65 bits per heavy atom. The van der Waals surface area contributed by atoms with Gasteiger partial charge in [-0.3, -0.25) is 9.59 Å². The van der Waals surface area contributed by atoms with Gasteiger partial charge in [0, 0.05) is 31.5 Å². The Morgan fingerprint density at radius 2 is 1.97 bits per heavy atom. The molecule has 0 bridgehead atoms. The number of nitrogens with one attached hydrogen (secondary N) is 2. The Balaban J connectivity index is 1.63. The highest BCUT2D eigenvalue weighted by atomic mass is 16.6. The fourth-order valence-electron chi connectivity index (χ4n) is 4.42. The van der Waals surface area contributed by atoms with E-state index >= 15 is 0 Å². The second kappa shape index (κ2) is 9.48. The highest BCUT2D eigenvalue weighted by Crippen LogP contribution is 2.32. The van der Waals surface area contributed by atoms with E-state index in [9.17, 15) is 14.4 Å². The molecular weight excluding hydrogens is 434 g/mol. The van der Waals surface area contributed by atoms with Crippen LogP contribution >= 0.6 is 0 Å². The number of benzene rings is 1. The summed E-state index contributed by atoms with van der Waals surface area (Å²) in [6.45, 7) is 8.71. The number of carbonyl (C=O) groups is 2. The molecule has 2 amide bonds. The fraction of sp³-hybridized carbons (Fsp3) is 0.520. The van der Waals surface area contributed by atoms with Crippen LogP contribution in [0.3, 0.4) is 0 Å². The summed E-state index contributed by atoms with van der Waals surface area (Å²) in [6.07, 6.45) is 3.31. The number of aromatic nitrogens is 3. The van der Waals surface area contributed by atoms with Gasteiger partial charge in [-0.1, -0.05) is 19.4 Å². The maximum Gasteiger partial charge on any atom is 0.410 e. The normalized spacial score (nSPS) is 15.1. The van der Waals surface area contributed by atoms with Gasteiger partial charge in [-0.25, -0.2) is 9.31 Å². The summed E-state index contributed by atoms with van der Waals surface area (Å²) in [5.74, 6) is 0.0158. The molecule has 0 saturated carbocycles. The molecule has 0 radical (unpaired) electrons. The molecule has 0 unspecified atom stereocenters. The average molecular weight is 468 g/mol. The molecule has 2 N–H and O–H groups in total. The van der Waals surface area contributed by atoms with Crippen LogP contribution in [0.4, 0.5) is 10.5 Å². The lowest BCUT2D eigenvalue weighted by Gasteiger charge is -2.33. The van der Waals surface area contributed by atoms with E-state index < -0.39 is 5.60 Å². The summed E-state index contributed by atoms with van der Waals surface area (Å²) in [7, 11) is 0. The van der Waals surface area contributed by atoms with Gasteiger partial charge < -0.3 is 19.9 Å². The number of anilines is 1. The minimum atomic E-state index is -0.536. The first-order valence-corrected chi connectivity index (χ1v) is 12.0. The largest absolute Gasteiger partial charge is 0.444 e. The number of likely N-dealkylation sites (tertiary alicyclic amines) is 1. The molecule has 1 aliphatic heterocycles. The molecule has 9 nitrogen and oxygen atoms in total. The quantitative estimate of drug-likeness (QED) is 0.577. The summed E-state index contributed by atoms with van der Waals surface area (Å²) in [4.78, 5) is 42.1. The molecule has 0 spiro atoms.